The van der Waals surface area contributed by atoms with Crippen LogP contribution in [0.25, 0.3) is 5.69 Å². The van der Waals surface area contributed by atoms with Crippen LogP contribution in [-0.2, 0) is 0 Å². The van der Waals surface area contributed by atoms with E-state index in [0.717, 1.165) is 38.2 Å². The Morgan fingerprint density at radius 3 is 2.68 bits per heavy atom. The van der Waals surface area contributed by atoms with Crippen LogP contribution >= 0.6 is 0 Å². The Hall–Kier alpha value is -2.21. The van der Waals surface area contributed by atoms with Gasteiger partial charge in [-0.05, 0) is 50.9 Å². The molecule has 0 N–H and O–H groups in total. The molecule has 25 heavy (non-hydrogen) atoms. The molecule has 2 atom stereocenters. The number of amides is 1. The Labute approximate surface area is 148 Å². The molecule has 2 saturated heterocycles. The van der Waals surface area contributed by atoms with Crippen molar-refractivity contribution in [2.24, 2.45) is 0 Å². The van der Waals surface area contributed by atoms with Gasteiger partial charge in [-0.15, -0.1) is 5.10 Å². The number of nitrogens with zero attached hydrogens (tertiary/aromatic N) is 5. The lowest BCUT2D eigenvalue weighted by Crippen LogP contribution is -2.48. The van der Waals surface area contributed by atoms with E-state index in [1.165, 1.54) is 12.8 Å². The van der Waals surface area contributed by atoms with Crippen molar-refractivity contribution in [2.75, 3.05) is 19.6 Å². The van der Waals surface area contributed by atoms with Gasteiger partial charge in [0.15, 0.2) is 5.69 Å². The van der Waals surface area contributed by atoms with E-state index in [9.17, 15) is 4.79 Å². The second-order valence-corrected chi connectivity index (χ2v) is 6.93. The van der Waals surface area contributed by atoms with Crippen LogP contribution < -0.4 is 0 Å². The van der Waals surface area contributed by atoms with E-state index in [1.54, 1.807) is 10.9 Å². The van der Waals surface area contributed by atoms with Crippen molar-refractivity contribution in [3.8, 4) is 5.69 Å². The summed E-state index contributed by atoms with van der Waals surface area (Å²) in [6.07, 6.45) is 6.36. The number of likely N-dealkylation sites (N-methyl/N-ethyl adjacent to an activating group) is 1. The standard InChI is InChI=1S/C19H25N5O/c1-2-22-12-6-10-17(22)18-11-7-13-23(18)19(25)16-14-24(21-20-16)15-8-4-3-5-9-15/h3-5,8-9,14,17-18H,2,6-7,10-13H2,1H3/t17-,18-/m1/s1. The predicted molar refractivity (Wildman–Crippen MR) is 95.7 cm³/mol. The zero-order valence-corrected chi connectivity index (χ0v) is 14.7. The first-order chi connectivity index (χ1) is 12.3. The van der Waals surface area contributed by atoms with E-state index in [4.69, 9.17) is 0 Å². The van der Waals surface area contributed by atoms with Gasteiger partial charge < -0.3 is 4.90 Å². The van der Waals surface area contributed by atoms with Crippen LogP contribution in [0.4, 0.5) is 0 Å². The normalized spacial score (nSPS) is 24.1. The van der Waals surface area contributed by atoms with Gasteiger partial charge >= 0.3 is 0 Å². The van der Waals surface area contributed by atoms with Crippen molar-refractivity contribution in [1.29, 1.82) is 0 Å². The summed E-state index contributed by atoms with van der Waals surface area (Å²) in [5.41, 5.74) is 1.36. The van der Waals surface area contributed by atoms with Crippen molar-refractivity contribution in [1.82, 2.24) is 24.8 Å². The smallest absolute Gasteiger partial charge is 0.276 e. The maximum Gasteiger partial charge on any atom is 0.276 e. The molecular weight excluding hydrogens is 314 g/mol. The maximum atomic E-state index is 13.0. The third-order valence-corrected chi connectivity index (χ3v) is 5.56. The average Bonchev–Trinajstić information content (AvgIpc) is 3.41. The number of rotatable bonds is 4. The monoisotopic (exact) mass is 339 g/mol. The molecule has 0 saturated carbocycles. The Morgan fingerprint density at radius 2 is 1.88 bits per heavy atom. The SMILES string of the molecule is CCN1CCC[C@@H]1[C@H]1CCCN1C(=O)c1cn(-c2ccccc2)nn1. The van der Waals surface area contributed by atoms with Gasteiger partial charge in [0.05, 0.1) is 11.9 Å². The molecule has 0 aliphatic carbocycles. The molecule has 2 aromatic rings. The topological polar surface area (TPSA) is 54.3 Å². The Morgan fingerprint density at radius 1 is 1.12 bits per heavy atom. The number of para-hydroxylation sites is 1. The predicted octanol–water partition coefficient (Wildman–Crippen LogP) is 2.36. The zero-order valence-electron chi connectivity index (χ0n) is 14.7. The summed E-state index contributed by atoms with van der Waals surface area (Å²) in [6.45, 7) is 5.26. The molecule has 1 aromatic carbocycles. The molecule has 6 nitrogen and oxygen atoms in total. The first kappa shape index (κ1) is 16.3. The molecule has 4 rings (SSSR count). The van der Waals surface area contributed by atoms with Crippen molar-refractivity contribution < 1.29 is 4.79 Å². The molecule has 2 aliphatic heterocycles. The molecule has 1 aromatic heterocycles. The highest BCUT2D eigenvalue weighted by Gasteiger charge is 2.39. The Balaban J connectivity index is 1.53. The lowest BCUT2D eigenvalue weighted by molar-refractivity contribution is 0.0644. The van der Waals surface area contributed by atoms with Crippen molar-refractivity contribution in [2.45, 2.75) is 44.7 Å². The van der Waals surface area contributed by atoms with E-state index < -0.39 is 0 Å². The fourth-order valence-corrected chi connectivity index (χ4v) is 4.34. The van der Waals surface area contributed by atoms with Gasteiger partial charge in [0.2, 0.25) is 0 Å². The van der Waals surface area contributed by atoms with Gasteiger partial charge in [-0.2, -0.15) is 0 Å². The molecular formula is C19H25N5O. The second-order valence-electron chi connectivity index (χ2n) is 6.93. The number of likely N-dealkylation sites (tertiary alicyclic amines) is 2. The van der Waals surface area contributed by atoms with E-state index >= 15 is 0 Å². The van der Waals surface area contributed by atoms with Crippen LogP contribution in [0.2, 0.25) is 0 Å². The van der Waals surface area contributed by atoms with Gasteiger partial charge in [-0.25, -0.2) is 4.68 Å². The highest BCUT2D eigenvalue weighted by atomic mass is 16.2. The maximum absolute atomic E-state index is 13.0. The molecule has 0 spiro atoms. The summed E-state index contributed by atoms with van der Waals surface area (Å²) >= 11 is 0. The molecule has 3 heterocycles. The quantitative estimate of drug-likeness (QED) is 0.858. The molecule has 6 heteroatoms. The molecule has 132 valence electrons. The molecule has 0 bridgehead atoms. The van der Waals surface area contributed by atoms with Crippen LogP contribution in [0.3, 0.4) is 0 Å². The van der Waals surface area contributed by atoms with Crippen molar-refractivity contribution in [3.63, 3.8) is 0 Å². The first-order valence-corrected chi connectivity index (χ1v) is 9.30. The fourth-order valence-electron chi connectivity index (χ4n) is 4.34. The fraction of sp³-hybridized carbons (Fsp3) is 0.526. The molecule has 0 radical (unpaired) electrons. The van der Waals surface area contributed by atoms with E-state index in [0.29, 0.717) is 17.8 Å². The molecule has 0 unspecified atom stereocenters. The minimum absolute atomic E-state index is 0.0210. The van der Waals surface area contributed by atoms with Crippen molar-refractivity contribution in [3.05, 3.63) is 42.2 Å². The highest BCUT2D eigenvalue weighted by molar-refractivity contribution is 5.92. The lowest BCUT2D eigenvalue weighted by Gasteiger charge is -2.34. The van der Waals surface area contributed by atoms with E-state index in [1.807, 2.05) is 35.2 Å². The zero-order chi connectivity index (χ0) is 17.2. The summed E-state index contributed by atoms with van der Waals surface area (Å²) in [5, 5.41) is 8.29. The van der Waals surface area contributed by atoms with Crippen LogP contribution in [0.1, 0.15) is 43.1 Å². The van der Waals surface area contributed by atoms with Gasteiger partial charge in [0.25, 0.3) is 5.91 Å². The molecule has 2 aliphatic rings. The van der Waals surface area contributed by atoms with Gasteiger partial charge in [0.1, 0.15) is 0 Å². The third kappa shape index (κ3) is 3.06. The van der Waals surface area contributed by atoms with Gasteiger partial charge in [0, 0.05) is 18.6 Å². The summed E-state index contributed by atoms with van der Waals surface area (Å²) in [7, 11) is 0. The lowest BCUT2D eigenvalue weighted by atomic mass is 10.0. The number of hydrogen-bond donors (Lipinski definition) is 0. The second kappa shape index (κ2) is 6.96. The number of aromatic nitrogens is 3. The summed E-state index contributed by atoms with van der Waals surface area (Å²) in [5.74, 6) is 0.0210. The molecule has 2 fully saturated rings. The van der Waals surface area contributed by atoms with E-state index in [2.05, 4.69) is 22.1 Å². The summed E-state index contributed by atoms with van der Waals surface area (Å²) in [4.78, 5) is 17.6. The third-order valence-electron chi connectivity index (χ3n) is 5.56. The first-order valence-electron chi connectivity index (χ1n) is 9.30. The van der Waals surface area contributed by atoms with Crippen LogP contribution in [0, 0.1) is 0 Å². The van der Waals surface area contributed by atoms with Crippen molar-refractivity contribution >= 4 is 5.91 Å². The van der Waals surface area contributed by atoms with Gasteiger partial charge in [-0.3, -0.25) is 9.69 Å². The van der Waals surface area contributed by atoms with E-state index in [-0.39, 0.29) is 5.91 Å². The average molecular weight is 339 g/mol. The number of carbonyl (C=O) groups is 1. The Bertz CT molecular complexity index is 728. The molecule has 1 amide bonds. The highest BCUT2D eigenvalue weighted by Crippen LogP contribution is 2.30. The number of benzene rings is 1. The number of carbonyl (C=O) groups excluding carboxylic acids is 1. The minimum atomic E-state index is 0.0210. The van der Waals surface area contributed by atoms with Crippen LogP contribution in [-0.4, -0.2) is 62.4 Å². The van der Waals surface area contributed by atoms with Crippen LogP contribution in [0.15, 0.2) is 36.5 Å². The van der Waals surface area contributed by atoms with Gasteiger partial charge in [-0.1, -0.05) is 30.3 Å². The summed E-state index contributed by atoms with van der Waals surface area (Å²) in [6, 6.07) is 10.6. The summed E-state index contributed by atoms with van der Waals surface area (Å²) < 4.78 is 1.67. The minimum Gasteiger partial charge on any atom is -0.333 e. The largest absolute Gasteiger partial charge is 0.333 e. The number of hydrogen-bond acceptors (Lipinski definition) is 4. The van der Waals surface area contributed by atoms with Crippen LogP contribution in [0.5, 0.6) is 0 Å². The Kier molecular flexibility index (Phi) is 4.53.